The second kappa shape index (κ2) is 13.3. The first kappa shape index (κ1) is 29.2. The smallest absolute Gasteiger partial charge is 0.408 e. The van der Waals surface area contributed by atoms with Crippen molar-refractivity contribution in [1.82, 2.24) is 15.5 Å². The van der Waals surface area contributed by atoms with Gasteiger partial charge in [0.25, 0.3) is 0 Å². The number of hydrogen-bond donors (Lipinski definition) is 3. The standard InChI is InChI=1S/C26H37N3O6S/c1-6-17-9-8-10-18(15-17)22(23(31)27-14-13-21(30)34-7-2)29(19-11-12-19)24(32)20(16-36)28-25(33)35-26(3,4)5/h6,8-10,15,19-20,22,36H,1,7,11-14,16H2,2-5H3,(H,27,31)(H,28,33). The van der Waals surface area contributed by atoms with Crippen LogP contribution in [0.25, 0.3) is 6.08 Å². The van der Waals surface area contributed by atoms with Crippen molar-refractivity contribution in [2.24, 2.45) is 0 Å². The first-order chi connectivity index (χ1) is 17.0. The summed E-state index contributed by atoms with van der Waals surface area (Å²) in [4.78, 5) is 52.8. The third kappa shape index (κ3) is 8.89. The largest absolute Gasteiger partial charge is 0.466 e. The predicted molar refractivity (Wildman–Crippen MR) is 140 cm³/mol. The molecule has 36 heavy (non-hydrogen) atoms. The zero-order valence-corrected chi connectivity index (χ0v) is 22.3. The first-order valence-electron chi connectivity index (χ1n) is 12.1. The van der Waals surface area contributed by atoms with Crippen molar-refractivity contribution in [2.75, 3.05) is 18.9 Å². The van der Waals surface area contributed by atoms with Gasteiger partial charge >= 0.3 is 12.1 Å². The highest BCUT2D eigenvalue weighted by molar-refractivity contribution is 7.80. The molecule has 198 valence electrons. The lowest BCUT2D eigenvalue weighted by Gasteiger charge is -2.34. The number of hydrogen-bond acceptors (Lipinski definition) is 7. The highest BCUT2D eigenvalue weighted by Crippen LogP contribution is 2.36. The number of amides is 3. The second-order valence-corrected chi connectivity index (χ2v) is 9.85. The molecule has 0 spiro atoms. The summed E-state index contributed by atoms with van der Waals surface area (Å²) in [5, 5.41) is 5.35. The van der Waals surface area contributed by atoms with E-state index >= 15 is 0 Å². The van der Waals surface area contributed by atoms with Gasteiger partial charge in [-0.2, -0.15) is 12.6 Å². The predicted octanol–water partition coefficient (Wildman–Crippen LogP) is 3.25. The van der Waals surface area contributed by atoms with E-state index in [2.05, 4.69) is 29.8 Å². The Labute approximate surface area is 218 Å². The fourth-order valence-electron chi connectivity index (χ4n) is 3.60. The van der Waals surface area contributed by atoms with Crippen LogP contribution in [0.5, 0.6) is 0 Å². The Morgan fingerprint density at radius 2 is 1.94 bits per heavy atom. The third-order valence-electron chi connectivity index (χ3n) is 5.29. The average Bonchev–Trinajstić information content (AvgIpc) is 3.64. The molecule has 1 fully saturated rings. The van der Waals surface area contributed by atoms with Gasteiger partial charge in [-0.15, -0.1) is 0 Å². The lowest BCUT2D eigenvalue weighted by Crippen LogP contribution is -2.54. The molecule has 1 aromatic carbocycles. The number of ether oxygens (including phenoxy) is 2. The molecule has 1 saturated carbocycles. The first-order valence-corrected chi connectivity index (χ1v) is 12.7. The Hall–Kier alpha value is -3.01. The number of nitrogens with zero attached hydrogens (tertiary/aromatic N) is 1. The molecule has 1 aliphatic carbocycles. The van der Waals surface area contributed by atoms with E-state index < -0.39 is 41.6 Å². The lowest BCUT2D eigenvalue weighted by molar-refractivity contribution is -0.144. The zero-order valence-electron chi connectivity index (χ0n) is 21.4. The summed E-state index contributed by atoms with van der Waals surface area (Å²) in [6.07, 6.45) is 2.38. The number of nitrogens with one attached hydrogen (secondary N) is 2. The molecule has 1 aliphatic rings. The van der Waals surface area contributed by atoms with Crippen LogP contribution in [0.15, 0.2) is 30.8 Å². The van der Waals surface area contributed by atoms with Crippen molar-refractivity contribution in [3.8, 4) is 0 Å². The minimum Gasteiger partial charge on any atom is -0.466 e. The van der Waals surface area contributed by atoms with Gasteiger partial charge in [0, 0.05) is 18.3 Å². The van der Waals surface area contributed by atoms with Crippen LogP contribution in [-0.4, -0.2) is 65.4 Å². The van der Waals surface area contributed by atoms with E-state index in [9.17, 15) is 19.2 Å². The highest BCUT2D eigenvalue weighted by Gasteiger charge is 2.43. The number of carbonyl (C=O) groups excluding carboxylic acids is 4. The van der Waals surface area contributed by atoms with Crippen LogP contribution in [-0.2, 0) is 23.9 Å². The van der Waals surface area contributed by atoms with Crippen molar-refractivity contribution >= 4 is 42.6 Å². The summed E-state index contributed by atoms with van der Waals surface area (Å²) < 4.78 is 10.2. The number of esters is 1. The Balaban J connectivity index is 2.34. The fourth-order valence-corrected chi connectivity index (χ4v) is 3.85. The number of alkyl carbamates (subject to hydrolysis) is 1. The van der Waals surface area contributed by atoms with E-state index in [0.29, 0.717) is 5.56 Å². The fraction of sp³-hybridized carbons (Fsp3) is 0.538. The molecule has 2 atom stereocenters. The Bertz CT molecular complexity index is 957. The molecule has 10 heteroatoms. The Morgan fingerprint density at radius 1 is 1.25 bits per heavy atom. The van der Waals surface area contributed by atoms with Crippen LogP contribution in [0, 0.1) is 0 Å². The maximum absolute atomic E-state index is 13.7. The van der Waals surface area contributed by atoms with Gasteiger partial charge in [0.15, 0.2) is 0 Å². The van der Waals surface area contributed by atoms with Crippen LogP contribution in [0.4, 0.5) is 4.79 Å². The van der Waals surface area contributed by atoms with Crippen LogP contribution < -0.4 is 10.6 Å². The van der Waals surface area contributed by atoms with Gasteiger partial charge in [-0.25, -0.2) is 4.79 Å². The van der Waals surface area contributed by atoms with Gasteiger partial charge in [-0.3, -0.25) is 14.4 Å². The minimum absolute atomic E-state index is 0.00976. The van der Waals surface area contributed by atoms with Gasteiger partial charge < -0.3 is 25.0 Å². The van der Waals surface area contributed by atoms with Crippen LogP contribution >= 0.6 is 12.6 Å². The summed E-state index contributed by atoms with van der Waals surface area (Å²) in [5.41, 5.74) is 0.644. The van der Waals surface area contributed by atoms with Gasteiger partial charge in [-0.1, -0.05) is 30.9 Å². The van der Waals surface area contributed by atoms with E-state index in [0.717, 1.165) is 18.4 Å². The Kier molecular flexibility index (Phi) is 10.8. The summed E-state index contributed by atoms with van der Waals surface area (Å²) in [6, 6.07) is 5.04. The minimum atomic E-state index is -0.999. The maximum atomic E-state index is 13.7. The van der Waals surface area contributed by atoms with Crippen molar-refractivity contribution in [1.29, 1.82) is 0 Å². The molecule has 2 N–H and O–H groups in total. The van der Waals surface area contributed by atoms with Gasteiger partial charge in [-0.05, 0) is 57.7 Å². The molecule has 0 bridgehead atoms. The molecular weight excluding hydrogens is 482 g/mol. The SMILES string of the molecule is C=Cc1cccc(C(C(=O)NCCC(=O)OCC)N(C(=O)C(CS)NC(=O)OC(C)(C)C)C2CC2)c1. The lowest BCUT2D eigenvalue weighted by atomic mass is 10.00. The van der Waals surface area contributed by atoms with Crippen molar-refractivity contribution in [3.63, 3.8) is 0 Å². The van der Waals surface area contributed by atoms with Gasteiger partial charge in [0.05, 0.1) is 13.0 Å². The van der Waals surface area contributed by atoms with Crippen molar-refractivity contribution < 1.29 is 28.7 Å². The summed E-state index contributed by atoms with van der Waals surface area (Å²) in [6.45, 7) is 11.0. The molecule has 3 amide bonds. The normalized spacial score (nSPS) is 14.7. The van der Waals surface area contributed by atoms with E-state index in [-0.39, 0.29) is 31.4 Å². The van der Waals surface area contributed by atoms with Crippen LogP contribution in [0.3, 0.4) is 0 Å². The molecular formula is C26H37N3O6S. The molecule has 0 saturated heterocycles. The number of benzene rings is 1. The molecule has 2 unspecified atom stereocenters. The van der Waals surface area contributed by atoms with Gasteiger partial charge in [0.1, 0.15) is 17.7 Å². The molecule has 0 aliphatic heterocycles. The van der Waals surface area contributed by atoms with Crippen molar-refractivity contribution in [2.45, 2.75) is 70.7 Å². The molecule has 9 nitrogen and oxygen atoms in total. The topological polar surface area (TPSA) is 114 Å². The average molecular weight is 520 g/mol. The maximum Gasteiger partial charge on any atom is 0.408 e. The second-order valence-electron chi connectivity index (χ2n) is 9.48. The summed E-state index contributed by atoms with van der Waals surface area (Å²) in [5.74, 6) is -1.27. The number of carbonyl (C=O) groups is 4. The zero-order chi connectivity index (χ0) is 26.9. The summed E-state index contributed by atoms with van der Waals surface area (Å²) >= 11 is 4.28. The molecule has 2 rings (SSSR count). The molecule has 0 aromatic heterocycles. The molecule has 0 radical (unpaired) electrons. The van der Waals surface area contributed by atoms with Crippen molar-refractivity contribution in [3.05, 3.63) is 42.0 Å². The van der Waals surface area contributed by atoms with E-state index in [1.165, 1.54) is 4.90 Å². The molecule has 1 aromatic rings. The van der Waals surface area contributed by atoms with E-state index in [1.807, 2.05) is 6.07 Å². The summed E-state index contributed by atoms with van der Waals surface area (Å²) in [7, 11) is 0. The highest BCUT2D eigenvalue weighted by atomic mass is 32.1. The van der Waals surface area contributed by atoms with Gasteiger partial charge in [0.2, 0.25) is 11.8 Å². The van der Waals surface area contributed by atoms with Crippen LogP contribution in [0.2, 0.25) is 0 Å². The van der Waals surface area contributed by atoms with Crippen LogP contribution in [0.1, 0.15) is 64.1 Å². The van der Waals surface area contributed by atoms with E-state index in [1.54, 1.807) is 52.0 Å². The molecule has 0 heterocycles. The Morgan fingerprint density at radius 3 is 2.50 bits per heavy atom. The number of rotatable bonds is 12. The quantitative estimate of drug-likeness (QED) is 0.289. The monoisotopic (exact) mass is 519 g/mol. The number of thiol groups is 1. The van der Waals surface area contributed by atoms with E-state index in [4.69, 9.17) is 9.47 Å². The third-order valence-corrected chi connectivity index (χ3v) is 5.65.